The molecule has 0 radical (unpaired) electrons. The average Bonchev–Trinajstić information content (AvgIpc) is 2.88. The fourth-order valence-electron chi connectivity index (χ4n) is 3.22. The second kappa shape index (κ2) is 4.36. The van der Waals surface area contributed by atoms with Gasteiger partial charge in [0.25, 0.3) is 0 Å². The number of hydrogen-bond donors (Lipinski definition) is 1. The molecule has 0 bridgehead atoms. The maximum atomic E-state index is 9.03. The molecule has 0 aliphatic heterocycles. The fraction of sp³-hybridized carbons (Fsp3) is 0.105. The van der Waals surface area contributed by atoms with E-state index in [1.807, 2.05) is 18.2 Å². The lowest BCUT2D eigenvalue weighted by Crippen LogP contribution is -2.06. The highest BCUT2D eigenvalue weighted by molar-refractivity contribution is 5.87. The number of fused-ring (bicyclic) bond motifs is 4. The van der Waals surface area contributed by atoms with Crippen LogP contribution in [0.5, 0.6) is 0 Å². The summed E-state index contributed by atoms with van der Waals surface area (Å²) >= 11 is 0. The molecule has 2 aromatic carbocycles. The largest absolute Gasteiger partial charge is 0.358 e. The number of nitrogens with zero attached hydrogens (tertiary/aromatic N) is 1. The first-order chi connectivity index (χ1) is 10.3. The summed E-state index contributed by atoms with van der Waals surface area (Å²) in [5.74, 6) is 0. The van der Waals surface area contributed by atoms with Crippen LogP contribution in [0.25, 0.3) is 17.0 Å². The van der Waals surface area contributed by atoms with E-state index in [0.29, 0.717) is 5.56 Å². The predicted octanol–water partition coefficient (Wildman–Crippen LogP) is 4.18. The third kappa shape index (κ3) is 1.79. The summed E-state index contributed by atoms with van der Waals surface area (Å²) in [4.78, 5) is 3.49. The molecule has 0 amide bonds. The zero-order valence-corrected chi connectivity index (χ0v) is 11.6. The van der Waals surface area contributed by atoms with Gasteiger partial charge in [0, 0.05) is 29.4 Å². The molecule has 0 unspecified atom stereocenters. The van der Waals surface area contributed by atoms with Gasteiger partial charge >= 0.3 is 0 Å². The second-order valence-corrected chi connectivity index (χ2v) is 5.54. The summed E-state index contributed by atoms with van der Waals surface area (Å²) in [6.07, 6.45) is 3.76. The van der Waals surface area contributed by atoms with Gasteiger partial charge in [-0.1, -0.05) is 36.9 Å². The fourth-order valence-corrected chi connectivity index (χ4v) is 3.22. The van der Waals surface area contributed by atoms with Crippen LogP contribution in [0.1, 0.15) is 33.5 Å². The van der Waals surface area contributed by atoms with Crippen LogP contribution in [0.2, 0.25) is 0 Å². The minimum absolute atomic E-state index is 0.701. The summed E-state index contributed by atoms with van der Waals surface area (Å²) in [5, 5.41) is 10.3. The number of benzene rings is 2. The van der Waals surface area contributed by atoms with Gasteiger partial charge in [0.05, 0.1) is 11.6 Å². The number of nitrogens with one attached hydrogen (secondary N) is 1. The molecule has 0 saturated carbocycles. The summed E-state index contributed by atoms with van der Waals surface area (Å²) < 4.78 is 0. The van der Waals surface area contributed by atoms with Crippen molar-refractivity contribution in [1.82, 2.24) is 4.98 Å². The molecule has 1 aromatic heterocycles. The number of hydrogen-bond acceptors (Lipinski definition) is 1. The van der Waals surface area contributed by atoms with Gasteiger partial charge in [-0.25, -0.2) is 0 Å². The molecular formula is C19H14N2. The summed E-state index contributed by atoms with van der Waals surface area (Å²) in [7, 11) is 0. The number of nitriles is 1. The van der Waals surface area contributed by atoms with Crippen LogP contribution in [0.4, 0.5) is 0 Å². The quantitative estimate of drug-likeness (QED) is 0.554. The summed E-state index contributed by atoms with van der Waals surface area (Å²) in [6.45, 7) is 3.84. The summed E-state index contributed by atoms with van der Waals surface area (Å²) in [6, 6.07) is 14.6. The highest BCUT2D eigenvalue weighted by Gasteiger charge is 2.19. The van der Waals surface area contributed by atoms with Gasteiger partial charge in [0.2, 0.25) is 0 Å². The molecule has 1 heterocycles. The van der Waals surface area contributed by atoms with E-state index < -0.39 is 0 Å². The van der Waals surface area contributed by atoms with E-state index in [1.165, 1.54) is 33.3 Å². The van der Waals surface area contributed by atoms with Gasteiger partial charge in [-0.3, -0.25) is 0 Å². The number of rotatable bonds is 1. The zero-order valence-electron chi connectivity index (χ0n) is 11.6. The molecule has 1 aliphatic carbocycles. The summed E-state index contributed by atoms with van der Waals surface area (Å²) in [5.41, 5.74) is 8.33. The highest BCUT2D eigenvalue weighted by atomic mass is 14.7. The van der Waals surface area contributed by atoms with Crippen molar-refractivity contribution < 1.29 is 0 Å². The van der Waals surface area contributed by atoms with Crippen LogP contribution in [0, 0.1) is 11.3 Å². The Morgan fingerprint density at radius 2 is 2.00 bits per heavy atom. The first kappa shape index (κ1) is 12.0. The van der Waals surface area contributed by atoms with Crippen LogP contribution in [0.3, 0.4) is 0 Å². The lowest BCUT2D eigenvalue weighted by Gasteiger charge is -2.17. The molecule has 2 nitrogen and oxygen atoms in total. The molecule has 0 spiro atoms. The molecule has 0 atom stereocenters. The van der Waals surface area contributed by atoms with Crippen LogP contribution in [-0.2, 0) is 12.8 Å². The zero-order chi connectivity index (χ0) is 14.4. The Labute approximate surface area is 123 Å². The van der Waals surface area contributed by atoms with E-state index in [4.69, 9.17) is 5.26 Å². The molecule has 3 aromatic rings. The van der Waals surface area contributed by atoms with Gasteiger partial charge in [-0.05, 0) is 34.4 Å². The number of H-pyrrole nitrogens is 1. The molecular weight excluding hydrogens is 256 g/mol. The Morgan fingerprint density at radius 1 is 1.10 bits per heavy atom. The Balaban J connectivity index is 1.87. The van der Waals surface area contributed by atoms with Crippen molar-refractivity contribution in [2.75, 3.05) is 0 Å². The highest BCUT2D eigenvalue weighted by Crippen LogP contribution is 2.33. The van der Waals surface area contributed by atoms with E-state index in [0.717, 1.165) is 18.4 Å². The normalized spacial score (nSPS) is 12.5. The van der Waals surface area contributed by atoms with E-state index in [9.17, 15) is 0 Å². The molecule has 0 fully saturated rings. The monoisotopic (exact) mass is 270 g/mol. The van der Waals surface area contributed by atoms with Crippen LogP contribution in [0.15, 0.2) is 43.0 Å². The maximum absolute atomic E-state index is 9.03. The van der Waals surface area contributed by atoms with Gasteiger partial charge in [-0.2, -0.15) is 5.26 Å². The standard InChI is InChI=1S/C19H14N2/c1-2-12-3-5-14-9-17-16-6-4-13(11-20)8-18(16)21-19(17)10-15(14)7-12/h2-8,21H,1,9-10H2. The van der Waals surface area contributed by atoms with Crippen molar-refractivity contribution in [3.63, 3.8) is 0 Å². The van der Waals surface area contributed by atoms with E-state index >= 15 is 0 Å². The second-order valence-electron chi connectivity index (χ2n) is 5.54. The van der Waals surface area contributed by atoms with Crippen molar-refractivity contribution >= 4 is 17.0 Å². The van der Waals surface area contributed by atoms with Gasteiger partial charge in [0.15, 0.2) is 0 Å². The third-order valence-corrected chi connectivity index (χ3v) is 4.32. The van der Waals surface area contributed by atoms with Gasteiger partial charge in [0.1, 0.15) is 0 Å². The van der Waals surface area contributed by atoms with Crippen LogP contribution < -0.4 is 0 Å². The SMILES string of the molecule is C=Cc1ccc2c(c1)Cc1[nH]c3cc(C#N)ccc3c1C2. The average molecular weight is 270 g/mol. The molecule has 1 aliphatic rings. The Hall–Kier alpha value is -2.79. The minimum atomic E-state index is 0.701. The number of aromatic nitrogens is 1. The molecule has 4 rings (SSSR count). The van der Waals surface area contributed by atoms with E-state index in [-0.39, 0.29) is 0 Å². The third-order valence-electron chi connectivity index (χ3n) is 4.32. The van der Waals surface area contributed by atoms with Crippen molar-refractivity contribution in [1.29, 1.82) is 5.26 Å². The first-order valence-corrected chi connectivity index (χ1v) is 7.06. The topological polar surface area (TPSA) is 39.6 Å². The van der Waals surface area contributed by atoms with Crippen LogP contribution >= 0.6 is 0 Å². The van der Waals surface area contributed by atoms with Gasteiger partial charge < -0.3 is 4.98 Å². The molecule has 100 valence electrons. The Bertz CT molecular complexity index is 923. The smallest absolute Gasteiger partial charge is 0.0992 e. The maximum Gasteiger partial charge on any atom is 0.0992 e. The van der Waals surface area contributed by atoms with Crippen molar-refractivity contribution in [2.45, 2.75) is 12.8 Å². The van der Waals surface area contributed by atoms with Crippen molar-refractivity contribution in [3.05, 3.63) is 76.5 Å². The Morgan fingerprint density at radius 3 is 2.81 bits per heavy atom. The first-order valence-electron chi connectivity index (χ1n) is 7.06. The Kier molecular flexibility index (Phi) is 2.49. The van der Waals surface area contributed by atoms with Crippen molar-refractivity contribution in [2.24, 2.45) is 0 Å². The van der Waals surface area contributed by atoms with Crippen LogP contribution in [-0.4, -0.2) is 4.98 Å². The molecule has 0 saturated heterocycles. The minimum Gasteiger partial charge on any atom is -0.358 e. The molecule has 21 heavy (non-hydrogen) atoms. The molecule has 1 N–H and O–H groups in total. The predicted molar refractivity (Wildman–Crippen MR) is 85.2 cm³/mol. The van der Waals surface area contributed by atoms with E-state index in [1.54, 1.807) is 0 Å². The lowest BCUT2D eigenvalue weighted by molar-refractivity contribution is 0.980. The van der Waals surface area contributed by atoms with Gasteiger partial charge in [-0.15, -0.1) is 0 Å². The van der Waals surface area contributed by atoms with E-state index in [2.05, 4.69) is 41.9 Å². The number of aromatic amines is 1. The van der Waals surface area contributed by atoms with Crippen molar-refractivity contribution in [3.8, 4) is 6.07 Å². The lowest BCUT2D eigenvalue weighted by atomic mass is 9.88. The molecule has 2 heteroatoms.